The van der Waals surface area contributed by atoms with Gasteiger partial charge >= 0.3 is 5.97 Å². The van der Waals surface area contributed by atoms with Crippen LogP contribution >= 0.6 is 15.9 Å². The van der Waals surface area contributed by atoms with Crippen molar-refractivity contribution in [2.75, 3.05) is 16.7 Å². The molecule has 1 N–H and O–H groups in total. The Morgan fingerprint density at radius 1 is 1.25 bits per heavy atom. The van der Waals surface area contributed by atoms with Gasteiger partial charge in [-0.05, 0) is 59.1 Å². The fourth-order valence-corrected chi connectivity index (χ4v) is 5.55. The lowest BCUT2D eigenvalue weighted by Gasteiger charge is -2.21. The minimum atomic E-state index is -4.04. The van der Waals surface area contributed by atoms with Crippen molar-refractivity contribution in [3.8, 4) is 0 Å². The molecular formula is C19H19BrN2O5S. The predicted octanol–water partition coefficient (Wildman–Crippen LogP) is 3.33. The molecule has 1 heterocycles. The van der Waals surface area contributed by atoms with Crippen LogP contribution in [0.4, 0.5) is 11.4 Å². The molecule has 9 heteroatoms. The first-order valence-corrected chi connectivity index (χ1v) is 10.8. The van der Waals surface area contributed by atoms with E-state index in [2.05, 4.69) is 20.7 Å². The summed E-state index contributed by atoms with van der Waals surface area (Å²) in [5.41, 5.74) is 1.68. The van der Waals surface area contributed by atoms with Crippen LogP contribution in [0.2, 0.25) is 0 Å². The smallest absolute Gasteiger partial charge is 0.339 e. The summed E-state index contributed by atoms with van der Waals surface area (Å²) in [4.78, 5) is 25.5. The summed E-state index contributed by atoms with van der Waals surface area (Å²) in [5.74, 6) is -0.802. The lowest BCUT2D eigenvalue weighted by Crippen LogP contribution is -2.33. The number of halogens is 1. The molecule has 0 saturated carbocycles. The van der Waals surface area contributed by atoms with Gasteiger partial charge in [0.15, 0.2) is 0 Å². The highest BCUT2D eigenvalue weighted by molar-refractivity contribution is 9.10. The molecule has 7 nitrogen and oxygen atoms in total. The molecule has 1 atom stereocenters. The lowest BCUT2D eigenvalue weighted by molar-refractivity contribution is -0.116. The Bertz CT molecular complexity index is 1070. The fourth-order valence-electron chi connectivity index (χ4n) is 3.36. The lowest BCUT2D eigenvalue weighted by atomic mass is 10.1. The number of fused-ring (bicyclic) bond motifs is 1. The first kappa shape index (κ1) is 20.3. The number of carbonyl (C=O) groups excluding carboxylic acids is 2. The topological polar surface area (TPSA) is 92.8 Å². The molecule has 0 fully saturated rings. The number of hydrogen-bond donors (Lipinski definition) is 1. The number of amides is 1. The number of ether oxygens (including phenoxy) is 1. The van der Waals surface area contributed by atoms with Crippen LogP contribution in [0.1, 0.15) is 29.8 Å². The number of benzene rings is 2. The molecule has 0 spiro atoms. The van der Waals surface area contributed by atoms with Crippen molar-refractivity contribution in [3.63, 3.8) is 0 Å². The highest BCUT2D eigenvalue weighted by Gasteiger charge is 2.32. The van der Waals surface area contributed by atoms with Crippen LogP contribution < -0.4 is 9.62 Å². The van der Waals surface area contributed by atoms with E-state index in [0.29, 0.717) is 16.6 Å². The molecule has 0 aromatic heterocycles. The van der Waals surface area contributed by atoms with E-state index < -0.39 is 16.0 Å². The molecule has 0 bridgehead atoms. The molecule has 1 amide bonds. The van der Waals surface area contributed by atoms with Crippen molar-refractivity contribution in [2.45, 2.75) is 31.2 Å². The van der Waals surface area contributed by atoms with Crippen molar-refractivity contribution in [3.05, 3.63) is 52.0 Å². The van der Waals surface area contributed by atoms with Gasteiger partial charge in [0.05, 0.1) is 18.4 Å². The largest absolute Gasteiger partial charge is 0.465 e. The normalized spacial score (nSPS) is 15.9. The van der Waals surface area contributed by atoms with Gasteiger partial charge in [0, 0.05) is 23.1 Å². The summed E-state index contributed by atoms with van der Waals surface area (Å²) < 4.78 is 33.6. The average Bonchev–Trinajstić information content (AvgIpc) is 2.95. The van der Waals surface area contributed by atoms with Gasteiger partial charge in [-0.25, -0.2) is 13.2 Å². The van der Waals surface area contributed by atoms with E-state index >= 15 is 0 Å². The number of para-hydroxylation sites is 1. The summed E-state index contributed by atoms with van der Waals surface area (Å²) >= 11 is 3.32. The molecule has 148 valence electrons. The van der Waals surface area contributed by atoms with Crippen LogP contribution in [-0.4, -0.2) is 33.4 Å². The standard InChI is InChI=1S/C19H19BrN2O5S/c1-11-8-13-9-15(20)18(10-17(13)22(11)12(2)23)28(25,26)21-16-7-5-4-6-14(16)19(24)27-3/h4-7,9-11,21H,8H2,1-3H3/t11-/m0/s1. The van der Waals surface area contributed by atoms with Crippen molar-refractivity contribution < 1.29 is 22.7 Å². The fraction of sp³-hybridized carbons (Fsp3) is 0.263. The number of anilines is 2. The highest BCUT2D eigenvalue weighted by atomic mass is 79.9. The monoisotopic (exact) mass is 466 g/mol. The number of carbonyl (C=O) groups is 2. The molecule has 0 radical (unpaired) electrons. The average molecular weight is 467 g/mol. The van der Waals surface area contributed by atoms with E-state index in [9.17, 15) is 18.0 Å². The van der Waals surface area contributed by atoms with E-state index in [1.807, 2.05) is 6.92 Å². The second kappa shape index (κ2) is 7.56. The Morgan fingerprint density at radius 3 is 2.57 bits per heavy atom. The van der Waals surface area contributed by atoms with Gasteiger partial charge in [0.1, 0.15) is 4.90 Å². The van der Waals surface area contributed by atoms with Crippen LogP contribution in [0.5, 0.6) is 0 Å². The predicted molar refractivity (Wildman–Crippen MR) is 109 cm³/mol. The number of nitrogens with one attached hydrogen (secondary N) is 1. The van der Waals surface area contributed by atoms with E-state index in [-0.39, 0.29) is 28.1 Å². The molecule has 1 aliphatic rings. The molecule has 3 rings (SSSR count). The maximum Gasteiger partial charge on any atom is 0.339 e. The van der Waals surface area contributed by atoms with Gasteiger partial charge in [-0.15, -0.1) is 0 Å². The van der Waals surface area contributed by atoms with Gasteiger partial charge in [-0.1, -0.05) is 12.1 Å². The van der Waals surface area contributed by atoms with Gasteiger partial charge in [0.25, 0.3) is 10.0 Å². The summed E-state index contributed by atoms with van der Waals surface area (Å²) in [5, 5.41) is 0. The van der Waals surface area contributed by atoms with Crippen LogP contribution in [0.25, 0.3) is 0 Å². The molecule has 2 aromatic carbocycles. The third kappa shape index (κ3) is 3.64. The highest BCUT2D eigenvalue weighted by Crippen LogP contribution is 2.38. The number of sulfonamides is 1. The van der Waals surface area contributed by atoms with Crippen LogP contribution in [0.3, 0.4) is 0 Å². The van der Waals surface area contributed by atoms with Gasteiger partial charge in [-0.3, -0.25) is 9.52 Å². The molecule has 0 aliphatic carbocycles. The van der Waals surface area contributed by atoms with E-state index in [1.54, 1.807) is 23.1 Å². The first-order valence-electron chi connectivity index (χ1n) is 8.48. The van der Waals surface area contributed by atoms with Crippen LogP contribution in [0, 0.1) is 0 Å². The summed E-state index contributed by atoms with van der Waals surface area (Å²) in [6, 6.07) is 9.33. The van der Waals surface area contributed by atoms with Crippen molar-refractivity contribution >= 4 is 49.2 Å². The number of esters is 1. The van der Waals surface area contributed by atoms with Gasteiger partial charge in [0.2, 0.25) is 5.91 Å². The first-order chi connectivity index (χ1) is 13.2. The van der Waals surface area contributed by atoms with Gasteiger partial charge < -0.3 is 9.64 Å². The number of nitrogens with zero attached hydrogens (tertiary/aromatic N) is 1. The Balaban J connectivity index is 2.05. The summed E-state index contributed by atoms with van der Waals surface area (Å²) in [6.07, 6.45) is 0.645. The Labute approximate surface area is 171 Å². The molecule has 0 unspecified atom stereocenters. The number of hydrogen-bond acceptors (Lipinski definition) is 5. The minimum absolute atomic E-state index is 0.0220. The quantitative estimate of drug-likeness (QED) is 0.697. The zero-order valence-corrected chi connectivity index (χ0v) is 17.9. The molecule has 1 aliphatic heterocycles. The van der Waals surface area contributed by atoms with E-state index in [0.717, 1.165) is 5.56 Å². The summed E-state index contributed by atoms with van der Waals surface area (Å²) in [7, 11) is -2.81. The number of rotatable bonds is 4. The van der Waals surface area contributed by atoms with Crippen molar-refractivity contribution in [2.24, 2.45) is 0 Å². The second-order valence-corrected chi connectivity index (χ2v) is 9.00. The minimum Gasteiger partial charge on any atom is -0.465 e. The molecule has 0 saturated heterocycles. The maximum atomic E-state index is 13.0. The van der Waals surface area contributed by atoms with Crippen molar-refractivity contribution in [1.29, 1.82) is 0 Å². The second-order valence-electron chi connectivity index (χ2n) is 6.50. The molecular weight excluding hydrogens is 448 g/mol. The Hall–Kier alpha value is -2.39. The van der Waals surface area contributed by atoms with E-state index in [4.69, 9.17) is 4.74 Å². The Kier molecular flexibility index (Phi) is 5.49. The third-order valence-corrected chi connectivity index (χ3v) is 6.88. The Morgan fingerprint density at radius 2 is 1.93 bits per heavy atom. The number of methoxy groups -OCH3 is 1. The SMILES string of the molecule is COC(=O)c1ccccc1NS(=O)(=O)c1cc2c(cc1Br)C[C@H](C)N2C(C)=O. The third-order valence-electron chi connectivity index (χ3n) is 4.55. The maximum absolute atomic E-state index is 13.0. The molecule has 28 heavy (non-hydrogen) atoms. The summed E-state index contributed by atoms with van der Waals surface area (Å²) in [6.45, 7) is 3.36. The zero-order chi connectivity index (χ0) is 20.6. The van der Waals surface area contributed by atoms with Crippen molar-refractivity contribution in [1.82, 2.24) is 0 Å². The molecule has 2 aromatic rings. The van der Waals surface area contributed by atoms with Crippen LogP contribution in [0.15, 0.2) is 45.8 Å². The zero-order valence-electron chi connectivity index (χ0n) is 15.5. The van der Waals surface area contributed by atoms with E-state index in [1.165, 1.54) is 32.2 Å². The van der Waals surface area contributed by atoms with Gasteiger partial charge in [-0.2, -0.15) is 0 Å². The van der Waals surface area contributed by atoms with Crippen LogP contribution in [-0.2, 0) is 26.0 Å².